The highest BCUT2D eigenvalue weighted by Crippen LogP contribution is 2.13. The minimum atomic E-state index is -0.267. The summed E-state index contributed by atoms with van der Waals surface area (Å²) >= 11 is 0. The SMILES string of the molecule is CCc1ccc(C(=O)N(CC(N)=NO)C(C)C)o1. The van der Waals surface area contributed by atoms with E-state index in [0.717, 1.165) is 12.2 Å². The van der Waals surface area contributed by atoms with E-state index in [4.69, 9.17) is 15.4 Å². The van der Waals surface area contributed by atoms with Crippen molar-refractivity contribution in [1.82, 2.24) is 4.90 Å². The molecule has 0 fully saturated rings. The quantitative estimate of drug-likeness (QED) is 0.359. The summed E-state index contributed by atoms with van der Waals surface area (Å²) in [5.74, 6) is 0.743. The first-order valence-electron chi connectivity index (χ1n) is 5.85. The van der Waals surface area contributed by atoms with Gasteiger partial charge in [0, 0.05) is 12.5 Å². The summed E-state index contributed by atoms with van der Waals surface area (Å²) in [6, 6.07) is 3.34. The summed E-state index contributed by atoms with van der Waals surface area (Å²) in [6.07, 6.45) is 0.731. The molecule has 0 saturated heterocycles. The van der Waals surface area contributed by atoms with E-state index in [-0.39, 0.29) is 30.1 Å². The molecular weight excluding hydrogens is 234 g/mol. The second-order valence-corrected chi connectivity index (χ2v) is 4.24. The van der Waals surface area contributed by atoms with Gasteiger partial charge in [-0.2, -0.15) is 0 Å². The van der Waals surface area contributed by atoms with Crippen molar-refractivity contribution in [3.63, 3.8) is 0 Å². The van der Waals surface area contributed by atoms with Crippen molar-refractivity contribution >= 4 is 11.7 Å². The highest BCUT2D eigenvalue weighted by Gasteiger charge is 2.22. The van der Waals surface area contributed by atoms with Gasteiger partial charge in [-0.25, -0.2) is 0 Å². The number of carbonyl (C=O) groups excluding carboxylic acids is 1. The second kappa shape index (κ2) is 6.09. The Hall–Kier alpha value is -1.98. The van der Waals surface area contributed by atoms with Crippen LogP contribution in [0.4, 0.5) is 0 Å². The van der Waals surface area contributed by atoms with E-state index < -0.39 is 0 Å². The van der Waals surface area contributed by atoms with Gasteiger partial charge in [-0.1, -0.05) is 12.1 Å². The largest absolute Gasteiger partial charge is 0.456 e. The van der Waals surface area contributed by atoms with Gasteiger partial charge >= 0.3 is 0 Å². The molecule has 0 radical (unpaired) electrons. The van der Waals surface area contributed by atoms with E-state index in [0.29, 0.717) is 0 Å². The van der Waals surface area contributed by atoms with Gasteiger partial charge < -0.3 is 20.3 Å². The first-order chi connectivity index (χ1) is 8.49. The number of amides is 1. The Labute approximate surface area is 106 Å². The van der Waals surface area contributed by atoms with Crippen LogP contribution in [0, 0.1) is 0 Å². The lowest BCUT2D eigenvalue weighted by molar-refractivity contribution is 0.0700. The highest BCUT2D eigenvalue weighted by molar-refractivity contribution is 5.95. The average Bonchev–Trinajstić information content (AvgIpc) is 2.83. The Balaban J connectivity index is 2.89. The normalized spacial score (nSPS) is 11.9. The van der Waals surface area contributed by atoms with E-state index in [9.17, 15) is 4.79 Å². The van der Waals surface area contributed by atoms with E-state index in [2.05, 4.69) is 5.16 Å². The summed E-state index contributed by atoms with van der Waals surface area (Å²) in [5.41, 5.74) is 5.43. The summed E-state index contributed by atoms with van der Waals surface area (Å²) in [6.45, 7) is 5.72. The van der Waals surface area contributed by atoms with Gasteiger partial charge in [0.25, 0.3) is 5.91 Å². The third kappa shape index (κ3) is 3.26. The predicted molar refractivity (Wildman–Crippen MR) is 67.7 cm³/mol. The number of hydrogen-bond acceptors (Lipinski definition) is 4. The number of oxime groups is 1. The topological polar surface area (TPSA) is 92.1 Å². The zero-order valence-corrected chi connectivity index (χ0v) is 10.9. The third-order valence-electron chi connectivity index (χ3n) is 2.57. The van der Waals surface area contributed by atoms with Crippen LogP contribution in [0.1, 0.15) is 37.1 Å². The molecular formula is C12H19N3O3. The van der Waals surface area contributed by atoms with Gasteiger partial charge in [0.1, 0.15) is 5.76 Å². The maximum absolute atomic E-state index is 12.2. The minimum Gasteiger partial charge on any atom is -0.456 e. The number of furan rings is 1. The lowest BCUT2D eigenvalue weighted by Gasteiger charge is -2.24. The molecule has 6 heteroatoms. The summed E-state index contributed by atoms with van der Waals surface area (Å²) in [7, 11) is 0. The Kier molecular flexibility index (Phi) is 4.76. The summed E-state index contributed by atoms with van der Waals surface area (Å²) < 4.78 is 5.41. The standard InChI is InChI=1S/C12H19N3O3/c1-4-9-5-6-10(18-9)12(16)15(8(2)3)7-11(13)14-17/h5-6,8,17H,4,7H2,1-3H3,(H2,13,14). The lowest BCUT2D eigenvalue weighted by atomic mass is 10.2. The number of nitrogens with two attached hydrogens (primary N) is 1. The molecule has 0 saturated carbocycles. The van der Waals surface area contributed by atoms with Crippen molar-refractivity contribution in [1.29, 1.82) is 0 Å². The fourth-order valence-electron chi connectivity index (χ4n) is 1.52. The van der Waals surface area contributed by atoms with E-state index in [1.54, 1.807) is 12.1 Å². The van der Waals surface area contributed by atoms with Gasteiger partial charge in [-0.05, 0) is 26.0 Å². The fourth-order valence-corrected chi connectivity index (χ4v) is 1.52. The van der Waals surface area contributed by atoms with Crippen molar-refractivity contribution < 1.29 is 14.4 Å². The van der Waals surface area contributed by atoms with Crippen LogP contribution in [0.3, 0.4) is 0 Å². The fraction of sp³-hybridized carbons (Fsp3) is 0.500. The van der Waals surface area contributed by atoms with Crippen molar-refractivity contribution in [3.05, 3.63) is 23.7 Å². The molecule has 0 unspecified atom stereocenters. The molecule has 1 aromatic heterocycles. The molecule has 1 rings (SSSR count). The molecule has 0 aliphatic carbocycles. The maximum atomic E-state index is 12.2. The van der Waals surface area contributed by atoms with E-state index in [1.165, 1.54) is 4.90 Å². The highest BCUT2D eigenvalue weighted by atomic mass is 16.4. The number of rotatable bonds is 5. The number of nitrogens with zero attached hydrogens (tertiary/aromatic N) is 2. The van der Waals surface area contributed by atoms with Crippen LogP contribution >= 0.6 is 0 Å². The van der Waals surface area contributed by atoms with E-state index in [1.807, 2.05) is 20.8 Å². The Bertz CT molecular complexity index is 438. The molecule has 1 heterocycles. The zero-order chi connectivity index (χ0) is 13.7. The van der Waals surface area contributed by atoms with Crippen LogP contribution in [-0.4, -0.2) is 34.4 Å². The molecule has 18 heavy (non-hydrogen) atoms. The van der Waals surface area contributed by atoms with Crippen LogP contribution in [0.5, 0.6) is 0 Å². The van der Waals surface area contributed by atoms with Gasteiger partial charge in [0.15, 0.2) is 11.6 Å². The Morgan fingerprint density at radius 1 is 1.56 bits per heavy atom. The van der Waals surface area contributed by atoms with Crippen LogP contribution in [-0.2, 0) is 6.42 Å². The van der Waals surface area contributed by atoms with Crippen LogP contribution in [0.15, 0.2) is 21.7 Å². The lowest BCUT2D eigenvalue weighted by Crippen LogP contribution is -2.42. The molecule has 0 atom stereocenters. The predicted octanol–water partition coefficient (Wildman–Crippen LogP) is 1.44. The van der Waals surface area contributed by atoms with Crippen molar-refractivity contribution in [3.8, 4) is 0 Å². The van der Waals surface area contributed by atoms with Crippen molar-refractivity contribution in [2.75, 3.05) is 6.54 Å². The number of hydrogen-bond donors (Lipinski definition) is 2. The molecule has 100 valence electrons. The molecule has 1 aromatic rings. The smallest absolute Gasteiger partial charge is 0.290 e. The Morgan fingerprint density at radius 2 is 2.22 bits per heavy atom. The number of carbonyl (C=O) groups is 1. The van der Waals surface area contributed by atoms with Crippen LogP contribution < -0.4 is 5.73 Å². The van der Waals surface area contributed by atoms with Crippen molar-refractivity contribution in [2.45, 2.75) is 33.2 Å². The van der Waals surface area contributed by atoms with Crippen LogP contribution in [0.25, 0.3) is 0 Å². The van der Waals surface area contributed by atoms with Crippen LogP contribution in [0.2, 0.25) is 0 Å². The molecule has 0 spiro atoms. The van der Waals surface area contributed by atoms with Gasteiger partial charge in [0.2, 0.25) is 0 Å². The molecule has 6 nitrogen and oxygen atoms in total. The third-order valence-corrected chi connectivity index (χ3v) is 2.57. The monoisotopic (exact) mass is 253 g/mol. The number of amidine groups is 1. The second-order valence-electron chi connectivity index (χ2n) is 4.24. The minimum absolute atomic E-state index is 0.0145. The average molecular weight is 253 g/mol. The van der Waals surface area contributed by atoms with E-state index >= 15 is 0 Å². The summed E-state index contributed by atoms with van der Waals surface area (Å²) in [4.78, 5) is 13.7. The molecule has 3 N–H and O–H groups in total. The van der Waals surface area contributed by atoms with Crippen molar-refractivity contribution in [2.24, 2.45) is 10.9 Å². The molecule has 0 bridgehead atoms. The maximum Gasteiger partial charge on any atom is 0.290 e. The first kappa shape index (κ1) is 14.1. The molecule has 1 amide bonds. The van der Waals surface area contributed by atoms with Gasteiger partial charge in [0.05, 0.1) is 6.54 Å². The molecule has 0 aliphatic heterocycles. The molecule has 0 aliphatic rings. The first-order valence-corrected chi connectivity index (χ1v) is 5.85. The number of aryl methyl sites for hydroxylation is 1. The molecule has 0 aromatic carbocycles. The van der Waals surface area contributed by atoms with Gasteiger partial charge in [-0.3, -0.25) is 4.79 Å². The van der Waals surface area contributed by atoms with Gasteiger partial charge in [-0.15, -0.1) is 0 Å². The summed E-state index contributed by atoms with van der Waals surface area (Å²) in [5, 5.41) is 11.4. The zero-order valence-electron chi connectivity index (χ0n) is 10.9. The Morgan fingerprint density at radius 3 is 2.67 bits per heavy atom.